The van der Waals surface area contributed by atoms with Gasteiger partial charge in [0.15, 0.2) is 0 Å². The molecule has 0 N–H and O–H groups in total. The summed E-state index contributed by atoms with van der Waals surface area (Å²) in [5, 5.41) is 0. The number of Topliss-reactive ketones (excluding diaryl/α,β-unsaturated/α-hetero) is 1. The van der Waals surface area contributed by atoms with E-state index in [-0.39, 0.29) is 0 Å². The van der Waals surface area contributed by atoms with Crippen LogP contribution in [0.25, 0.3) is 0 Å². The fraction of sp³-hybridized carbons (Fsp3) is 0.909. The van der Waals surface area contributed by atoms with Gasteiger partial charge in [-0.3, -0.25) is 9.69 Å². The van der Waals surface area contributed by atoms with Gasteiger partial charge < -0.3 is 0 Å². The minimum absolute atomic E-state index is 0.499. The Balaban J connectivity index is 1.84. The van der Waals surface area contributed by atoms with E-state index in [4.69, 9.17) is 0 Å². The Bertz CT molecular complexity index is 203. The number of hydrogen-bond acceptors (Lipinski definition) is 3. The standard InChI is InChI=1S/C11H19NOS/c1-14-6-2-5-12-9-3-4-10(12)8-11(13)7-9/h9-10H,2-8H2,1H3. The highest BCUT2D eigenvalue weighted by atomic mass is 32.2. The number of nitrogens with zero attached hydrogens (tertiary/aromatic N) is 1. The Morgan fingerprint density at radius 2 is 2.00 bits per heavy atom. The average Bonchev–Trinajstić information content (AvgIpc) is 2.42. The van der Waals surface area contributed by atoms with E-state index in [0.717, 1.165) is 12.8 Å². The average molecular weight is 213 g/mol. The maximum atomic E-state index is 11.4. The number of piperidine rings is 1. The normalized spacial score (nSPS) is 32.5. The van der Waals surface area contributed by atoms with E-state index >= 15 is 0 Å². The molecule has 2 aliphatic rings. The fourth-order valence-electron chi connectivity index (χ4n) is 2.82. The first-order valence-electron chi connectivity index (χ1n) is 5.57. The highest BCUT2D eigenvalue weighted by Crippen LogP contribution is 2.33. The zero-order valence-corrected chi connectivity index (χ0v) is 9.68. The van der Waals surface area contributed by atoms with Crippen LogP contribution in [-0.2, 0) is 4.79 Å². The number of hydrogen-bond donors (Lipinski definition) is 0. The Kier molecular flexibility index (Phi) is 3.50. The second-order valence-electron chi connectivity index (χ2n) is 4.42. The van der Waals surface area contributed by atoms with Crippen LogP contribution >= 0.6 is 11.8 Å². The predicted molar refractivity (Wildman–Crippen MR) is 60.8 cm³/mol. The van der Waals surface area contributed by atoms with Crippen molar-refractivity contribution in [2.24, 2.45) is 0 Å². The summed E-state index contributed by atoms with van der Waals surface area (Å²) >= 11 is 1.92. The Morgan fingerprint density at radius 3 is 2.57 bits per heavy atom. The molecule has 0 saturated carbocycles. The van der Waals surface area contributed by atoms with Crippen LogP contribution < -0.4 is 0 Å². The molecule has 2 aliphatic heterocycles. The highest BCUT2D eigenvalue weighted by molar-refractivity contribution is 7.98. The van der Waals surface area contributed by atoms with Crippen LogP contribution in [0, 0.1) is 0 Å². The first-order valence-corrected chi connectivity index (χ1v) is 6.97. The molecule has 2 unspecified atom stereocenters. The molecule has 2 atom stereocenters. The lowest BCUT2D eigenvalue weighted by atomic mass is 10.0. The van der Waals surface area contributed by atoms with E-state index in [1.54, 1.807) is 0 Å². The zero-order chi connectivity index (χ0) is 9.97. The van der Waals surface area contributed by atoms with E-state index in [2.05, 4.69) is 11.2 Å². The molecule has 0 radical (unpaired) electrons. The van der Waals surface area contributed by atoms with Crippen molar-refractivity contribution in [2.45, 2.75) is 44.2 Å². The molecular weight excluding hydrogens is 194 g/mol. The van der Waals surface area contributed by atoms with Crippen LogP contribution in [-0.4, -0.2) is 41.3 Å². The SMILES string of the molecule is CSCCCN1C2CCC1CC(=O)C2. The molecule has 3 heteroatoms. The summed E-state index contributed by atoms with van der Waals surface area (Å²) in [6.45, 7) is 1.21. The number of thioether (sulfide) groups is 1. The lowest BCUT2D eigenvalue weighted by Gasteiger charge is -2.33. The summed E-state index contributed by atoms with van der Waals surface area (Å²) in [6.07, 6.45) is 7.62. The van der Waals surface area contributed by atoms with E-state index in [1.165, 1.54) is 31.6 Å². The van der Waals surface area contributed by atoms with E-state index in [9.17, 15) is 4.79 Å². The summed E-state index contributed by atoms with van der Waals surface area (Å²) in [4.78, 5) is 14.0. The fourth-order valence-corrected chi connectivity index (χ4v) is 3.24. The van der Waals surface area contributed by atoms with E-state index in [1.807, 2.05) is 11.8 Å². The lowest BCUT2D eigenvalue weighted by Crippen LogP contribution is -2.43. The van der Waals surface area contributed by atoms with Crippen LogP contribution in [0.4, 0.5) is 0 Å². The van der Waals surface area contributed by atoms with Gasteiger partial charge in [0.2, 0.25) is 0 Å². The van der Waals surface area contributed by atoms with E-state index in [0.29, 0.717) is 17.9 Å². The molecule has 0 aromatic rings. The zero-order valence-electron chi connectivity index (χ0n) is 8.87. The molecule has 2 rings (SSSR count). The Hall–Kier alpha value is -0.0200. The third kappa shape index (κ3) is 2.14. The third-order valence-electron chi connectivity index (χ3n) is 3.46. The van der Waals surface area contributed by atoms with Crippen molar-refractivity contribution in [1.82, 2.24) is 4.90 Å². The number of ketones is 1. The lowest BCUT2D eigenvalue weighted by molar-refractivity contribution is -0.123. The Morgan fingerprint density at radius 1 is 1.36 bits per heavy atom. The second kappa shape index (κ2) is 4.67. The minimum atomic E-state index is 0.499. The van der Waals surface area contributed by atoms with Crippen molar-refractivity contribution in [3.8, 4) is 0 Å². The molecule has 2 nitrogen and oxygen atoms in total. The monoisotopic (exact) mass is 213 g/mol. The molecule has 0 aromatic heterocycles. The summed E-state index contributed by atoms with van der Waals surface area (Å²) in [5.74, 6) is 1.75. The quantitative estimate of drug-likeness (QED) is 0.666. The van der Waals surface area contributed by atoms with Crippen LogP contribution in [0.5, 0.6) is 0 Å². The molecule has 80 valence electrons. The number of carbonyl (C=O) groups is 1. The summed E-state index contributed by atoms with van der Waals surface area (Å²) in [5.41, 5.74) is 0. The highest BCUT2D eigenvalue weighted by Gasteiger charge is 2.39. The van der Waals surface area contributed by atoms with Crippen LogP contribution in [0.2, 0.25) is 0 Å². The molecule has 2 fully saturated rings. The maximum absolute atomic E-state index is 11.4. The molecule has 2 saturated heterocycles. The summed E-state index contributed by atoms with van der Waals surface area (Å²) in [6, 6.07) is 1.20. The number of carbonyl (C=O) groups excluding carboxylic acids is 1. The van der Waals surface area contributed by atoms with Gasteiger partial charge in [0.1, 0.15) is 5.78 Å². The van der Waals surface area contributed by atoms with Crippen molar-refractivity contribution in [2.75, 3.05) is 18.6 Å². The van der Waals surface area contributed by atoms with Crippen LogP contribution in [0.15, 0.2) is 0 Å². The van der Waals surface area contributed by atoms with Crippen molar-refractivity contribution < 1.29 is 4.79 Å². The molecule has 14 heavy (non-hydrogen) atoms. The molecular formula is C11H19NOS. The Labute approximate surface area is 90.4 Å². The van der Waals surface area contributed by atoms with Crippen molar-refractivity contribution >= 4 is 17.5 Å². The summed E-state index contributed by atoms with van der Waals surface area (Å²) in [7, 11) is 0. The largest absolute Gasteiger partial charge is 0.300 e. The maximum Gasteiger partial charge on any atom is 0.136 e. The minimum Gasteiger partial charge on any atom is -0.300 e. The van der Waals surface area contributed by atoms with Gasteiger partial charge in [0.25, 0.3) is 0 Å². The smallest absolute Gasteiger partial charge is 0.136 e. The first-order chi connectivity index (χ1) is 6.81. The van der Waals surface area contributed by atoms with Gasteiger partial charge in [-0.1, -0.05) is 0 Å². The van der Waals surface area contributed by atoms with Crippen molar-refractivity contribution in [3.63, 3.8) is 0 Å². The second-order valence-corrected chi connectivity index (χ2v) is 5.40. The third-order valence-corrected chi connectivity index (χ3v) is 4.16. The van der Waals surface area contributed by atoms with Crippen LogP contribution in [0.1, 0.15) is 32.1 Å². The molecule has 0 amide bonds. The number of fused-ring (bicyclic) bond motifs is 2. The predicted octanol–water partition coefficient (Wildman–Crippen LogP) is 1.94. The number of rotatable bonds is 4. The molecule has 0 spiro atoms. The van der Waals surface area contributed by atoms with Gasteiger partial charge in [0, 0.05) is 24.9 Å². The molecule has 0 aromatic carbocycles. The van der Waals surface area contributed by atoms with Crippen molar-refractivity contribution in [1.29, 1.82) is 0 Å². The summed E-state index contributed by atoms with van der Waals surface area (Å²) < 4.78 is 0. The molecule has 0 aliphatic carbocycles. The van der Waals surface area contributed by atoms with Gasteiger partial charge in [-0.05, 0) is 37.8 Å². The van der Waals surface area contributed by atoms with Gasteiger partial charge in [-0.25, -0.2) is 0 Å². The van der Waals surface area contributed by atoms with Crippen molar-refractivity contribution in [3.05, 3.63) is 0 Å². The van der Waals surface area contributed by atoms with Gasteiger partial charge in [0.05, 0.1) is 0 Å². The first kappa shape index (κ1) is 10.5. The van der Waals surface area contributed by atoms with Gasteiger partial charge >= 0.3 is 0 Å². The van der Waals surface area contributed by atoms with Gasteiger partial charge in [-0.15, -0.1) is 0 Å². The van der Waals surface area contributed by atoms with Gasteiger partial charge in [-0.2, -0.15) is 11.8 Å². The van der Waals surface area contributed by atoms with E-state index < -0.39 is 0 Å². The topological polar surface area (TPSA) is 20.3 Å². The van der Waals surface area contributed by atoms with Crippen LogP contribution in [0.3, 0.4) is 0 Å². The molecule has 2 heterocycles. The molecule has 2 bridgehead atoms.